The summed E-state index contributed by atoms with van der Waals surface area (Å²) in [5.74, 6) is 2.99. The molecule has 0 aliphatic heterocycles. The van der Waals surface area contributed by atoms with Crippen LogP contribution in [0.3, 0.4) is 0 Å². The maximum Gasteiger partial charge on any atom is 0.117 e. The van der Waals surface area contributed by atoms with Gasteiger partial charge in [0.05, 0.1) is 11.2 Å². The molecule has 2 aliphatic carbocycles. The summed E-state index contributed by atoms with van der Waals surface area (Å²) in [6, 6.07) is 48.1. The molecule has 242 valence electrons. The molecule has 0 spiro atoms. The number of terminal acetylenes is 1. The number of allylic oxidation sites excluding steroid dienone is 4. The maximum absolute atomic E-state index is 5.34. The lowest BCUT2D eigenvalue weighted by Gasteiger charge is -2.34. The number of rotatable bonds is 5. The molecule has 9 rings (SSSR count). The molecule has 7 aromatic rings. The fraction of sp³-hybridized carbons (Fsp3) is 0.128. The van der Waals surface area contributed by atoms with Gasteiger partial charge in [-0.1, -0.05) is 147 Å². The van der Waals surface area contributed by atoms with Crippen molar-refractivity contribution in [3.8, 4) is 34.7 Å². The normalized spacial score (nSPS) is 16.7. The minimum absolute atomic E-state index is 0.0876. The molecule has 3 nitrogen and oxygen atoms in total. The number of fused-ring (bicyclic) bond motifs is 5. The van der Waals surface area contributed by atoms with Crippen molar-refractivity contribution in [2.24, 2.45) is 5.92 Å². The van der Waals surface area contributed by atoms with Gasteiger partial charge in [-0.25, -0.2) is 4.52 Å². The Labute approximate surface area is 294 Å². The van der Waals surface area contributed by atoms with E-state index < -0.39 is 0 Å². The Kier molecular flexibility index (Phi) is 7.94. The van der Waals surface area contributed by atoms with Crippen molar-refractivity contribution in [2.45, 2.75) is 32.1 Å². The third kappa shape index (κ3) is 5.21. The fourth-order valence-electron chi connectivity index (χ4n) is 8.05. The molecule has 3 heteroatoms. The zero-order valence-electron chi connectivity index (χ0n) is 28.7. The van der Waals surface area contributed by atoms with Gasteiger partial charge < -0.3 is 4.90 Å². The van der Waals surface area contributed by atoms with Crippen LogP contribution in [0.5, 0.6) is 0 Å². The van der Waals surface area contributed by atoms with Crippen LogP contribution in [-0.2, 0) is 5.41 Å². The van der Waals surface area contributed by atoms with Crippen molar-refractivity contribution in [2.75, 3.05) is 4.90 Å². The lowest BCUT2D eigenvalue weighted by atomic mass is 9.74. The SMILES string of the molecule is C#CC.CC1(C)c2c(cccc2N(c2cccc(-c3ccccc3)c2)c2c(-c3ccccc3)nn3cc4ccccc4cc23)C2C=CC=CC21. The van der Waals surface area contributed by atoms with Gasteiger partial charge in [0.15, 0.2) is 0 Å². The van der Waals surface area contributed by atoms with E-state index in [4.69, 9.17) is 5.10 Å². The lowest BCUT2D eigenvalue weighted by Crippen LogP contribution is -2.26. The van der Waals surface area contributed by atoms with Gasteiger partial charge in [0.2, 0.25) is 0 Å². The molecule has 2 heterocycles. The zero-order chi connectivity index (χ0) is 34.2. The molecule has 0 amide bonds. The predicted octanol–water partition coefficient (Wildman–Crippen LogP) is 12.0. The minimum atomic E-state index is -0.0876. The molecule has 5 aromatic carbocycles. The summed E-state index contributed by atoms with van der Waals surface area (Å²) >= 11 is 0. The van der Waals surface area contributed by atoms with E-state index in [1.54, 1.807) is 6.92 Å². The molecule has 2 unspecified atom stereocenters. The van der Waals surface area contributed by atoms with Crippen molar-refractivity contribution in [1.29, 1.82) is 0 Å². The Morgan fingerprint density at radius 3 is 2.10 bits per heavy atom. The summed E-state index contributed by atoms with van der Waals surface area (Å²) in [6.45, 7) is 6.49. The van der Waals surface area contributed by atoms with E-state index in [1.165, 1.54) is 33.3 Å². The lowest BCUT2D eigenvalue weighted by molar-refractivity contribution is 0.395. The molecule has 0 saturated carbocycles. The largest absolute Gasteiger partial charge is 0.306 e. The highest BCUT2D eigenvalue weighted by Crippen LogP contribution is 2.58. The molecule has 50 heavy (non-hydrogen) atoms. The van der Waals surface area contributed by atoms with Gasteiger partial charge in [0, 0.05) is 28.8 Å². The van der Waals surface area contributed by atoms with Gasteiger partial charge in [-0.3, -0.25) is 0 Å². The first kappa shape index (κ1) is 31.2. The summed E-state index contributed by atoms with van der Waals surface area (Å²) < 4.78 is 2.08. The summed E-state index contributed by atoms with van der Waals surface area (Å²) in [4.78, 5) is 2.50. The van der Waals surface area contributed by atoms with Gasteiger partial charge in [0.1, 0.15) is 11.4 Å². The minimum Gasteiger partial charge on any atom is -0.306 e. The summed E-state index contributed by atoms with van der Waals surface area (Å²) in [7, 11) is 0. The third-order valence-corrected chi connectivity index (χ3v) is 10.2. The predicted molar refractivity (Wildman–Crippen MR) is 210 cm³/mol. The quantitative estimate of drug-likeness (QED) is 0.174. The molecule has 0 fully saturated rings. The standard InChI is InChI=1S/C44H35N3.C3H4/c1-44(2)38-25-12-11-23-36(38)37-24-14-26-39(41(37)44)47(35-22-13-21-32(27-35)30-15-5-3-6-16-30)43-40-28-33-19-9-10-20-34(33)29-46(40)45-42(43)31-17-7-4-8-18-31;1-3-2/h3-29,36,38H,1-2H3;1H,2H3. The van der Waals surface area contributed by atoms with Gasteiger partial charge in [-0.2, -0.15) is 5.10 Å². The Morgan fingerprint density at radius 1 is 0.700 bits per heavy atom. The summed E-state index contributed by atoms with van der Waals surface area (Å²) in [5.41, 5.74) is 11.6. The van der Waals surface area contributed by atoms with Crippen molar-refractivity contribution < 1.29 is 0 Å². The van der Waals surface area contributed by atoms with Crippen molar-refractivity contribution >= 4 is 33.4 Å². The van der Waals surface area contributed by atoms with Crippen LogP contribution >= 0.6 is 0 Å². The van der Waals surface area contributed by atoms with E-state index in [9.17, 15) is 0 Å². The van der Waals surface area contributed by atoms with Crippen molar-refractivity contribution in [1.82, 2.24) is 9.61 Å². The second-order valence-electron chi connectivity index (χ2n) is 13.6. The van der Waals surface area contributed by atoms with Crippen LogP contribution < -0.4 is 4.90 Å². The average molecular weight is 646 g/mol. The van der Waals surface area contributed by atoms with Crippen LogP contribution in [0.25, 0.3) is 38.7 Å². The van der Waals surface area contributed by atoms with Gasteiger partial charge in [0.25, 0.3) is 0 Å². The summed E-state index contributed by atoms with van der Waals surface area (Å²) in [5, 5.41) is 7.70. The molecule has 0 bridgehead atoms. The number of pyridine rings is 1. The van der Waals surface area contributed by atoms with Gasteiger partial charge in [-0.15, -0.1) is 12.3 Å². The van der Waals surface area contributed by atoms with Crippen LogP contribution in [0.15, 0.2) is 164 Å². The highest BCUT2D eigenvalue weighted by Gasteiger charge is 2.47. The second kappa shape index (κ2) is 12.7. The second-order valence-corrected chi connectivity index (χ2v) is 13.6. The first-order valence-electron chi connectivity index (χ1n) is 17.3. The number of aromatic nitrogens is 2. The first-order chi connectivity index (χ1) is 24.5. The van der Waals surface area contributed by atoms with E-state index in [-0.39, 0.29) is 5.41 Å². The van der Waals surface area contributed by atoms with E-state index in [1.807, 2.05) is 0 Å². The van der Waals surface area contributed by atoms with Crippen LogP contribution in [0.1, 0.15) is 37.8 Å². The van der Waals surface area contributed by atoms with Crippen molar-refractivity contribution in [3.05, 3.63) is 175 Å². The van der Waals surface area contributed by atoms with Crippen LogP contribution in [0, 0.1) is 18.3 Å². The number of nitrogens with zero attached hydrogens (tertiary/aromatic N) is 3. The molecule has 0 radical (unpaired) electrons. The van der Waals surface area contributed by atoms with Crippen LogP contribution in [0.2, 0.25) is 0 Å². The molecule has 0 saturated heterocycles. The summed E-state index contributed by atoms with van der Waals surface area (Å²) in [6.07, 6.45) is 16.0. The number of hydrogen-bond donors (Lipinski definition) is 0. The van der Waals surface area contributed by atoms with Crippen LogP contribution in [0.4, 0.5) is 17.1 Å². The van der Waals surface area contributed by atoms with E-state index >= 15 is 0 Å². The monoisotopic (exact) mass is 645 g/mol. The molecular formula is C47H39N3. The highest BCUT2D eigenvalue weighted by atomic mass is 15.3. The molecule has 2 atom stereocenters. The number of benzene rings is 5. The van der Waals surface area contributed by atoms with E-state index in [2.05, 4.69) is 200 Å². The van der Waals surface area contributed by atoms with Crippen molar-refractivity contribution in [3.63, 3.8) is 0 Å². The van der Waals surface area contributed by atoms with Gasteiger partial charge >= 0.3 is 0 Å². The first-order valence-corrected chi connectivity index (χ1v) is 17.3. The Bertz CT molecular complexity index is 2440. The Morgan fingerprint density at radius 2 is 1.34 bits per heavy atom. The maximum atomic E-state index is 5.34. The Balaban J connectivity index is 0.00000116. The smallest absolute Gasteiger partial charge is 0.117 e. The van der Waals surface area contributed by atoms with Gasteiger partial charge in [-0.05, 0) is 70.2 Å². The highest BCUT2D eigenvalue weighted by molar-refractivity contribution is 6.00. The Hall–Kier alpha value is -6.11. The zero-order valence-corrected chi connectivity index (χ0v) is 28.7. The average Bonchev–Trinajstić information content (AvgIpc) is 3.64. The fourth-order valence-corrected chi connectivity index (χ4v) is 8.05. The third-order valence-electron chi connectivity index (χ3n) is 10.2. The van der Waals surface area contributed by atoms with Crippen LogP contribution in [-0.4, -0.2) is 9.61 Å². The molecule has 2 aliphatic rings. The van der Waals surface area contributed by atoms with E-state index in [0.717, 1.165) is 33.5 Å². The topological polar surface area (TPSA) is 20.5 Å². The number of hydrogen-bond acceptors (Lipinski definition) is 2. The van der Waals surface area contributed by atoms with E-state index in [0.29, 0.717) is 11.8 Å². The molecule has 2 aromatic heterocycles. The molecule has 0 N–H and O–H groups in total. The number of anilines is 3. The molecular weight excluding hydrogens is 607 g/mol.